The minimum Gasteiger partial charge on any atom is -0.494 e. The third kappa shape index (κ3) is 3.62. The molecule has 8 nitrogen and oxygen atoms in total. The fourth-order valence-electron chi connectivity index (χ4n) is 4.07. The van der Waals surface area contributed by atoms with Gasteiger partial charge in [0, 0.05) is 23.0 Å². The molecule has 9 heteroatoms. The summed E-state index contributed by atoms with van der Waals surface area (Å²) in [5.74, 6) is 0.326. The molecule has 0 saturated heterocycles. The lowest BCUT2D eigenvalue weighted by molar-refractivity contribution is 0.102. The van der Waals surface area contributed by atoms with Crippen molar-refractivity contribution in [2.24, 2.45) is 0 Å². The topological polar surface area (TPSA) is 86.9 Å². The van der Waals surface area contributed by atoms with Crippen molar-refractivity contribution in [1.82, 2.24) is 24.5 Å². The number of aryl methyl sites for hydroxylation is 1. The Bertz CT molecular complexity index is 1290. The molecular formula is C23H21ClN6O2. The molecule has 4 aromatic rings. The molecule has 0 aliphatic carbocycles. The zero-order valence-electron chi connectivity index (χ0n) is 17.6. The molecular weight excluding hydrogens is 428 g/mol. The van der Waals surface area contributed by atoms with Gasteiger partial charge in [-0.3, -0.25) is 4.79 Å². The van der Waals surface area contributed by atoms with Crippen molar-refractivity contribution in [3.8, 4) is 11.4 Å². The molecule has 162 valence electrons. The lowest BCUT2D eigenvalue weighted by Gasteiger charge is -2.12. The Morgan fingerprint density at radius 3 is 2.75 bits per heavy atom. The van der Waals surface area contributed by atoms with E-state index in [0.717, 1.165) is 35.5 Å². The molecule has 1 aliphatic rings. The molecule has 1 N–H and O–H groups in total. The summed E-state index contributed by atoms with van der Waals surface area (Å²) in [5, 5.41) is 12.0. The summed E-state index contributed by atoms with van der Waals surface area (Å²) >= 11 is 6.01. The van der Waals surface area contributed by atoms with Gasteiger partial charge in [0.2, 0.25) is 0 Å². The molecule has 0 bridgehead atoms. The van der Waals surface area contributed by atoms with Crippen molar-refractivity contribution in [2.45, 2.75) is 25.8 Å². The van der Waals surface area contributed by atoms with Crippen LogP contribution in [0.1, 0.15) is 39.9 Å². The quantitative estimate of drug-likeness (QED) is 0.494. The SMILES string of the molecule is COc1cc(NC(=O)c2nnn3c2CC[C@H]3c2ccc(Cl)cc2)ccc1-n1cnc(C)c1. The van der Waals surface area contributed by atoms with Crippen molar-refractivity contribution < 1.29 is 9.53 Å². The first-order valence-corrected chi connectivity index (χ1v) is 10.6. The van der Waals surface area contributed by atoms with Crippen LogP contribution in [0.15, 0.2) is 55.0 Å². The number of hydrogen-bond acceptors (Lipinski definition) is 5. The number of rotatable bonds is 5. The summed E-state index contributed by atoms with van der Waals surface area (Å²) in [6.45, 7) is 1.92. The number of fused-ring (bicyclic) bond motifs is 1. The molecule has 1 aliphatic heterocycles. The predicted molar refractivity (Wildman–Crippen MR) is 121 cm³/mol. The molecule has 3 heterocycles. The minimum atomic E-state index is -0.295. The number of amides is 1. The van der Waals surface area contributed by atoms with Gasteiger partial charge in [-0.15, -0.1) is 5.10 Å². The number of nitrogens with zero attached hydrogens (tertiary/aromatic N) is 5. The third-order valence-corrected chi connectivity index (χ3v) is 5.89. The fraction of sp³-hybridized carbons (Fsp3) is 0.217. The summed E-state index contributed by atoms with van der Waals surface area (Å²) in [7, 11) is 1.59. The van der Waals surface area contributed by atoms with Gasteiger partial charge in [0.05, 0.1) is 36.6 Å². The first-order chi connectivity index (χ1) is 15.5. The van der Waals surface area contributed by atoms with Gasteiger partial charge in [0.15, 0.2) is 5.69 Å². The highest BCUT2D eigenvalue weighted by Crippen LogP contribution is 2.33. The Balaban J connectivity index is 1.37. The van der Waals surface area contributed by atoms with Crippen LogP contribution in [0.3, 0.4) is 0 Å². The van der Waals surface area contributed by atoms with Crippen LogP contribution in [-0.2, 0) is 6.42 Å². The summed E-state index contributed by atoms with van der Waals surface area (Å²) in [5.41, 5.74) is 4.63. The van der Waals surface area contributed by atoms with Crippen LogP contribution < -0.4 is 10.1 Å². The Labute approximate surface area is 189 Å². The highest BCUT2D eigenvalue weighted by Gasteiger charge is 2.30. The minimum absolute atomic E-state index is 0.0503. The van der Waals surface area contributed by atoms with Gasteiger partial charge < -0.3 is 14.6 Å². The van der Waals surface area contributed by atoms with E-state index in [4.69, 9.17) is 16.3 Å². The highest BCUT2D eigenvalue weighted by molar-refractivity contribution is 6.30. The maximum absolute atomic E-state index is 13.0. The van der Waals surface area contributed by atoms with Gasteiger partial charge in [0.1, 0.15) is 5.75 Å². The Hall–Kier alpha value is -3.65. The van der Waals surface area contributed by atoms with Crippen molar-refractivity contribution in [2.75, 3.05) is 12.4 Å². The van der Waals surface area contributed by atoms with E-state index in [1.807, 2.05) is 58.8 Å². The van der Waals surface area contributed by atoms with Gasteiger partial charge in [-0.2, -0.15) is 0 Å². The molecule has 1 amide bonds. The number of carbonyl (C=O) groups excluding carboxylic acids is 1. The van der Waals surface area contributed by atoms with E-state index in [-0.39, 0.29) is 11.9 Å². The first-order valence-electron chi connectivity index (χ1n) is 10.2. The molecule has 32 heavy (non-hydrogen) atoms. The van der Waals surface area contributed by atoms with Crippen molar-refractivity contribution in [1.29, 1.82) is 0 Å². The number of carbonyl (C=O) groups is 1. The average Bonchev–Trinajstić information content (AvgIpc) is 3.51. The normalized spacial score (nSPS) is 14.9. The van der Waals surface area contributed by atoms with Gasteiger partial charge in [-0.25, -0.2) is 9.67 Å². The first kappa shape index (κ1) is 20.3. The Morgan fingerprint density at radius 1 is 1.22 bits per heavy atom. The Morgan fingerprint density at radius 2 is 2.03 bits per heavy atom. The Kier molecular flexibility index (Phi) is 5.14. The molecule has 0 fully saturated rings. The second kappa shape index (κ2) is 8.12. The number of methoxy groups -OCH3 is 1. The number of anilines is 1. The fourth-order valence-corrected chi connectivity index (χ4v) is 4.20. The predicted octanol–water partition coefficient (Wildman–Crippen LogP) is 4.22. The van der Waals surface area contributed by atoms with Crippen LogP contribution in [0.4, 0.5) is 5.69 Å². The van der Waals surface area contributed by atoms with E-state index in [2.05, 4.69) is 20.6 Å². The van der Waals surface area contributed by atoms with E-state index < -0.39 is 0 Å². The van der Waals surface area contributed by atoms with Crippen LogP contribution in [0.5, 0.6) is 5.75 Å². The van der Waals surface area contributed by atoms with Crippen LogP contribution >= 0.6 is 11.6 Å². The van der Waals surface area contributed by atoms with Crippen LogP contribution in [0, 0.1) is 6.92 Å². The van der Waals surface area contributed by atoms with Crippen LogP contribution in [-0.4, -0.2) is 37.6 Å². The number of imidazole rings is 1. The smallest absolute Gasteiger partial charge is 0.278 e. The molecule has 0 radical (unpaired) electrons. The average molecular weight is 449 g/mol. The van der Waals surface area contributed by atoms with E-state index in [9.17, 15) is 4.79 Å². The zero-order valence-corrected chi connectivity index (χ0v) is 18.4. The van der Waals surface area contributed by atoms with E-state index in [1.54, 1.807) is 19.5 Å². The van der Waals surface area contributed by atoms with Gasteiger partial charge in [-0.1, -0.05) is 28.9 Å². The second-order valence-corrected chi connectivity index (χ2v) is 8.13. The maximum Gasteiger partial charge on any atom is 0.278 e. The summed E-state index contributed by atoms with van der Waals surface area (Å²) in [6.07, 6.45) is 5.22. The summed E-state index contributed by atoms with van der Waals surface area (Å²) in [6, 6.07) is 13.2. The number of halogens is 1. The number of aromatic nitrogens is 5. The number of nitrogens with one attached hydrogen (secondary N) is 1. The monoisotopic (exact) mass is 448 g/mol. The van der Waals surface area contributed by atoms with Crippen molar-refractivity contribution >= 4 is 23.2 Å². The largest absolute Gasteiger partial charge is 0.494 e. The molecule has 5 rings (SSSR count). The van der Waals surface area contributed by atoms with E-state index in [1.165, 1.54) is 0 Å². The summed E-state index contributed by atoms with van der Waals surface area (Å²) in [4.78, 5) is 17.2. The summed E-state index contributed by atoms with van der Waals surface area (Å²) < 4.78 is 9.24. The second-order valence-electron chi connectivity index (χ2n) is 7.70. The number of benzene rings is 2. The molecule has 0 saturated carbocycles. The molecule has 1 atom stereocenters. The van der Waals surface area contributed by atoms with Gasteiger partial charge in [-0.05, 0) is 49.6 Å². The van der Waals surface area contributed by atoms with Crippen LogP contribution in [0.25, 0.3) is 5.69 Å². The molecule has 2 aromatic heterocycles. The lowest BCUT2D eigenvalue weighted by atomic mass is 10.1. The van der Waals surface area contributed by atoms with E-state index >= 15 is 0 Å². The molecule has 2 aromatic carbocycles. The van der Waals surface area contributed by atoms with Gasteiger partial charge in [0.25, 0.3) is 5.91 Å². The van der Waals surface area contributed by atoms with Crippen molar-refractivity contribution in [3.05, 3.63) is 82.7 Å². The zero-order chi connectivity index (χ0) is 22.2. The van der Waals surface area contributed by atoms with Crippen molar-refractivity contribution in [3.63, 3.8) is 0 Å². The lowest BCUT2D eigenvalue weighted by Crippen LogP contribution is -2.14. The number of ether oxygens (including phenoxy) is 1. The third-order valence-electron chi connectivity index (χ3n) is 5.64. The van der Waals surface area contributed by atoms with E-state index in [0.29, 0.717) is 22.2 Å². The number of hydrogen-bond donors (Lipinski definition) is 1. The van der Waals surface area contributed by atoms with Gasteiger partial charge >= 0.3 is 0 Å². The van der Waals surface area contributed by atoms with Crippen LogP contribution in [0.2, 0.25) is 5.02 Å². The standard InChI is InChI=1S/C23H21ClN6O2/c1-14-12-29(13-25-14)19-8-7-17(11-21(19)32-2)26-23(31)22-20-10-9-18(30(20)28-27-22)15-3-5-16(24)6-4-15/h3-8,11-13,18H,9-10H2,1-2H3,(H,26,31)/t18-/m0/s1. The molecule has 0 unspecified atom stereocenters. The molecule has 0 spiro atoms. The maximum atomic E-state index is 13.0. The highest BCUT2D eigenvalue weighted by atomic mass is 35.5.